The summed E-state index contributed by atoms with van der Waals surface area (Å²) < 4.78 is 38.1. The van der Waals surface area contributed by atoms with Crippen molar-refractivity contribution in [3.05, 3.63) is 90.0 Å². The zero-order valence-electron chi connectivity index (χ0n) is 19.0. The van der Waals surface area contributed by atoms with Gasteiger partial charge in [0.15, 0.2) is 0 Å². The van der Waals surface area contributed by atoms with Crippen LogP contribution in [0.5, 0.6) is 11.5 Å². The number of carbonyl (C=O) groups is 1. The standard InChI is InChI=1S/C25H27N3O5S/c1-32-22-13-14-24(33-2)21(17-22)18-26-27-25(29)19-28(16-15-20-9-5-3-6-10-20)34(30,31)23-11-7-4-8-12-23/h3-14,17-18H,15-16,19H2,1-2H3,(H,27,29)/b26-18-. The second-order valence-electron chi connectivity index (χ2n) is 7.29. The lowest BCUT2D eigenvalue weighted by Gasteiger charge is -2.21. The first-order chi connectivity index (χ1) is 16.4. The van der Waals surface area contributed by atoms with Gasteiger partial charge >= 0.3 is 0 Å². The Bertz CT molecular complexity index is 1220. The maximum absolute atomic E-state index is 13.2. The van der Waals surface area contributed by atoms with Crippen LogP contribution < -0.4 is 14.9 Å². The first kappa shape index (κ1) is 24.9. The average Bonchev–Trinajstić information content (AvgIpc) is 2.87. The molecule has 0 saturated carbocycles. The Morgan fingerprint density at radius 2 is 1.65 bits per heavy atom. The summed E-state index contributed by atoms with van der Waals surface area (Å²) in [6, 6.07) is 22.7. The van der Waals surface area contributed by atoms with Gasteiger partial charge in [-0.15, -0.1) is 0 Å². The Morgan fingerprint density at radius 1 is 0.971 bits per heavy atom. The van der Waals surface area contributed by atoms with Gasteiger partial charge in [-0.25, -0.2) is 13.8 Å². The molecule has 34 heavy (non-hydrogen) atoms. The second kappa shape index (κ2) is 12.0. The van der Waals surface area contributed by atoms with E-state index in [-0.39, 0.29) is 18.0 Å². The number of ether oxygens (including phenoxy) is 2. The minimum absolute atomic E-state index is 0.125. The highest BCUT2D eigenvalue weighted by Gasteiger charge is 2.26. The number of nitrogens with one attached hydrogen (secondary N) is 1. The summed E-state index contributed by atoms with van der Waals surface area (Å²) in [5.41, 5.74) is 3.97. The fraction of sp³-hybridized carbons (Fsp3) is 0.200. The van der Waals surface area contributed by atoms with Crippen molar-refractivity contribution in [2.75, 3.05) is 27.3 Å². The summed E-state index contributed by atoms with van der Waals surface area (Å²) in [6.45, 7) is -0.237. The first-order valence-corrected chi connectivity index (χ1v) is 12.0. The number of carbonyl (C=O) groups excluding carboxylic acids is 1. The molecule has 0 aromatic heterocycles. The summed E-state index contributed by atoms with van der Waals surface area (Å²) in [5.74, 6) is 0.593. The van der Waals surface area contributed by atoms with Crippen LogP contribution in [0.25, 0.3) is 0 Å². The van der Waals surface area contributed by atoms with Gasteiger partial charge in [0.2, 0.25) is 10.0 Å². The minimum Gasteiger partial charge on any atom is -0.497 e. The van der Waals surface area contributed by atoms with Crippen molar-refractivity contribution in [1.82, 2.24) is 9.73 Å². The van der Waals surface area contributed by atoms with E-state index >= 15 is 0 Å². The Labute approximate surface area is 199 Å². The van der Waals surface area contributed by atoms with Crippen LogP contribution in [0.15, 0.2) is 88.9 Å². The Morgan fingerprint density at radius 3 is 2.29 bits per heavy atom. The summed E-state index contributed by atoms with van der Waals surface area (Å²) in [4.78, 5) is 12.7. The van der Waals surface area contributed by atoms with E-state index in [0.717, 1.165) is 9.87 Å². The van der Waals surface area contributed by atoms with Crippen LogP contribution in [-0.4, -0.2) is 52.2 Å². The molecule has 0 aliphatic rings. The van der Waals surface area contributed by atoms with Gasteiger partial charge in [0.25, 0.3) is 5.91 Å². The molecule has 1 amide bonds. The third-order valence-electron chi connectivity index (χ3n) is 5.02. The number of rotatable bonds is 11. The normalized spacial score (nSPS) is 11.5. The average molecular weight is 482 g/mol. The van der Waals surface area contributed by atoms with Crippen LogP contribution in [0, 0.1) is 0 Å². The molecule has 3 aromatic carbocycles. The fourth-order valence-electron chi connectivity index (χ4n) is 3.23. The molecule has 3 rings (SSSR count). The monoisotopic (exact) mass is 481 g/mol. The summed E-state index contributed by atoms with van der Waals surface area (Å²) in [5, 5.41) is 3.97. The zero-order chi connectivity index (χ0) is 24.4. The van der Waals surface area contributed by atoms with E-state index in [1.54, 1.807) is 43.5 Å². The van der Waals surface area contributed by atoms with Crippen molar-refractivity contribution < 1.29 is 22.7 Å². The minimum atomic E-state index is -3.88. The van der Waals surface area contributed by atoms with Crippen molar-refractivity contribution in [1.29, 1.82) is 0 Å². The molecule has 178 valence electrons. The maximum atomic E-state index is 13.2. The quantitative estimate of drug-likeness (QED) is 0.335. The molecule has 9 heteroatoms. The maximum Gasteiger partial charge on any atom is 0.255 e. The molecule has 1 N–H and O–H groups in total. The van der Waals surface area contributed by atoms with Crippen LogP contribution in [0.2, 0.25) is 0 Å². The van der Waals surface area contributed by atoms with E-state index in [1.807, 2.05) is 30.3 Å². The number of benzene rings is 3. The number of hydrazone groups is 1. The van der Waals surface area contributed by atoms with Crippen LogP contribution >= 0.6 is 0 Å². The number of nitrogens with zero attached hydrogens (tertiary/aromatic N) is 2. The molecule has 0 heterocycles. The van der Waals surface area contributed by atoms with Gasteiger partial charge in [-0.05, 0) is 42.3 Å². The van der Waals surface area contributed by atoms with E-state index in [9.17, 15) is 13.2 Å². The third kappa shape index (κ3) is 6.66. The highest BCUT2D eigenvalue weighted by atomic mass is 32.2. The number of amides is 1. The van der Waals surface area contributed by atoms with Gasteiger partial charge < -0.3 is 9.47 Å². The van der Waals surface area contributed by atoms with Gasteiger partial charge in [-0.1, -0.05) is 48.5 Å². The van der Waals surface area contributed by atoms with Crippen LogP contribution in [-0.2, 0) is 21.2 Å². The molecule has 8 nitrogen and oxygen atoms in total. The lowest BCUT2D eigenvalue weighted by molar-refractivity contribution is -0.121. The molecule has 3 aromatic rings. The SMILES string of the molecule is COc1ccc(OC)c(/C=N\NC(=O)CN(CCc2ccccc2)S(=O)(=O)c2ccccc2)c1. The number of hydrogen-bond donors (Lipinski definition) is 1. The molecule has 0 spiro atoms. The van der Waals surface area contributed by atoms with Gasteiger partial charge in [-0.3, -0.25) is 4.79 Å². The van der Waals surface area contributed by atoms with Gasteiger partial charge in [0.1, 0.15) is 11.5 Å². The van der Waals surface area contributed by atoms with Crippen molar-refractivity contribution in [3.63, 3.8) is 0 Å². The Hall–Kier alpha value is -3.69. The predicted octanol–water partition coefficient (Wildman–Crippen LogP) is 3.09. The third-order valence-corrected chi connectivity index (χ3v) is 6.88. The molecule has 0 aliphatic carbocycles. The molecule has 0 radical (unpaired) electrons. The number of sulfonamides is 1. The summed E-state index contributed by atoms with van der Waals surface area (Å²) >= 11 is 0. The Kier molecular flexibility index (Phi) is 8.78. The lowest BCUT2D eigenvalue weighted by Crippen LogP contribution is -2.40. The fourth-order valence-corrected chi connectivity index (χ4v) is 4.65. The summed E-state index contributed by atoms with van der Waals surface area (Å²) in [7, 11) is -0.811. The molecular formula is C25H27N3O5S. The molecule has 0 atom stereocenters. The summed E-state index contributed by atoms with van der Waals surface area (Å²) in [6.07, 6.45) is 1.88. The topological polar surface area (TPSA) is 97.3 Å². The van der Waals surface area contributed by atoms with E-state index in [0.29, 0.717) is 23.5 Å². The molecule has 0 bridgehead atoms. The van der Waals surface area contributed by atoms with Crippen LogP contribution in [0.1, 0.15) is 11.1 Å². The van der Waals surface area contributed by atoms with E-state index in [4.69, 9.17) is 9.47 Å². The smallest absolute Gasteiger partial charge is 0.255 e. The van der Waals surface area contributed by atoms with E-state index in [2.05, 4.69) is 10.5 Å². The van der Waals surface area contributed by atoms with Gasteiger partial charge in [-0.2, -0.15) is 9.41 Å². The highest BCUT2D eigenvalue weighted by molar-refractivity contribution is 7.89. The van der Waals surface area contributed by atoms with Crippen molar-refractivity contribution in [3.8, 4) is 11.5 Å². The van der Waals surface area contributed by atoms with Crippen molar-refractivity contribution in [2.24, 2.45) is 5.10 Å². The molecule has 0 aliphatic heterocycles. The predicted molar refractivity (Wildman–Crippen MR) is 131 cm³/mol. The molecule has 0 fully saturated rings. The van der Waals surface area contributed by atoms with Gasteiger partial charge in [0, 0.05) is 12.1 Å². The highest BCUT2D eigenvalue weighted by Crippen LogP contribution is 2.22. The zero-order valence-corrected chi connectivity index (χ0v) is 19.9. The van der Waals surface area contributed by atoms with Crippen LogP contribution in [0.4, 0.5) is 0 Å². The van der Waals surface area contributed by atoms with E-state index in [1.165, 1.54) is 25.5 Å². The molecule has 0 unspecified atom stereocenters. The molecular weight excluding hydrogens is 454 g/mol. The van der Waals surface area contributed by atoms with Crippen LogP contribution in [0.3, 0.4) is 0 Å². The lowest BCUT2D eigenvalue weighted by atomic mass is 10.1. The first-order valence-electron chi connectivity index (χ1n) is 10.6. The number of hydrogen-bond acceptors (Lipinski definition) is 6. The van der Waals surface area contributed by atoms with E-state index < -0.39 is 15.9 Å². The largest absolute Gasteiger partial charge is 0.497 e. The second-order valence-corrected chi connectivity index (χ2v) is 9.23. The number of methoxy groups -OCH3 is 2. The van der Waals surface area contributed by atoms with Crippen molar-refractivity contribution in [2.45, 2.75) is 11.3 Å². The Balaban J connectivity index is 1.74. The van der Waals surface area contributed by atoms with Crippen molar-refractivity contribution >= 4 is 22.1 Å². The van der Waals surface area contributed by atoms with Gasteiger partial charge in [0.05, 0.1) is 31.9 Å². The molecule has 0 saturated heterocycles.